The van der Waals surface area contributed by atoms with Crippen molar-refractivity contribution in [3.63, 3.8) is 0 Å². The van der Waals surface area contributed by atoms with Crippen LogP contribution in [0.2, 0.25) is 0 Å². The average Bonchev–Trinajstić information content (AvgIpc) is 2.87. The first-order valence-electron chi connectivity index (χ1n) is 7.88. The van der Waals surface area contributed by atoms with Crippen LogP contribution >= 0.6 is 0 Å². The quantitative estimate of drug-likeness (QED) is 0.748. The van der Waals surface area contributed by atoms with Gasteiger partial charge >= 0.3 is 5.97 Å². The number of aryl methyl sites for hydroxylation is 1. The Morgan fingerprint density at radius 1 is 1.25 bits per heavy atom. The molecule has 6 nitrogen and oxygen atoms in total. The van der Waals surface area contributed by atoms with Gasteiger partial charge in [0.05, 0.1) is 17.4 Å². The lowest BCUT2D eigenvalue weighted by atomic mass is 9.77. The molecule has 0 bridgehead atoms. The number of amides is 2. The first-order valence-corrected chi connectivity index (χ1v) is 7.88. The van der Waals surface area contributed by atoms with E-state index in [1.165, 1.54) is 0 Å². The zero-order chi connectivity index (χ0) is 17.7. The van der Waals surface area contributed by atoms with Gasteiger partial charge in [0.15, 0.2) is 0 Å². The van der Waals surface area contributed by atoms with Crippen LogP contribution in [-0.2, 0) is 25.6 Å². The molecule has 2 rings (SSSR count). The van der Waals surface area contributed by atoms with Gasteiger partial charge in [0.2, 0.25) is 0 Å². The van der Waals surface area contributed by atoms with Gasteiger partial charge in [0.1, 0.15) is 0 Å². The van der Waals surface area contributed by atoms with Crippen molar-refractivity contribution in [3.05, 3.63) is 35.9 Å². The molecule has 2 amide bonds. The second-order valence-electron chi connectivity index (χ2n) is 6.40. The van der Waals surface area contributed by atoms with Crippen molar-refractivity contribution in [3.8, 4) is 6.07 Å². The Hall–Kier alpha value is -2.68. The minimum absolute atomic E-state index is 0.0441. The Morgan fingerprint density at radius 2 is 1.83 bits per heavy atom. The molecule has 1 saturated heterocycles. The molecule has 1 atom stereocenters. The summed E-state index contributed by atoms with van der Waals surface area (Å²) in [6.45, 7) is 3.30. The molecule has 0 N–H and O–H groups in total. The van der Waals surface area contributed by atoms with E-state index in [0.29, 0.717) is 17.9 Å². The molecule has 1 fully saturated rings. The van der Waals surface area contributed by atoms with Gasteiger partial charge in [-0.1, -0.05) is 30.3 Å². The summed E-state index contributed by atoms with van der Waals surface area (Å²) in [4.78, 5) is 40.7. The summed E-state index contributed by atoms with van der Waals surface area (Å²) >= 11 is 0. The highest BCUT2D eigenvalue weighted by Crippen LogP contribution is 2.32. The van der Waals surface area contributed by atoms with E-state index in [4.69, 9.17) is 4.84 Å². The van der Waals surface area contributed by atoms with E-state index in [2.05, 4.69) is 6.07 Å². The predicted octanol–water partition coefficient (Wildman–Crippen LogP) is 2.39. The molecule has 1 aliphatic heterocycles. The minimum atomic E-state index is -0.975. The standard InChI is InChI=1S/C18H20N2O4/c1-18(2,12-19)14(9-8-13-6-4-3-5-7-13)17(23)24-20-15(21)10-11-16(20)22/h3-7,14H,8-11H2,1-2H3. The number of carbonyl (C=O) groups is 3. The van der Waals surface area contributed by atoms with Crippen LogP contribution in [0.25, 0.3) is 0 Å². The predicted molar refractivity (Wildman–Crippen MR) is 84.8 cm³/mol. The molecule has 0 aromatic heterocycles. The van der Waals surface area contributed by atoms with Gasteiger partial charge in [-0.15, -0.1) is 5.06 Å². The molecular formula is C18H20N2O4. The Morgan fingerprint density at radius 3 is 2.38 bits per heavy atom. The van der Waals surface area contributed by atoms with Crippen LogP contribution in [-0.4, -0.2) is 22.8 Å². The Bertz CT molecular complexity index is 660. The fourth-order valence-electron chi connectivity index (χ4n) is 2.62. The van der Waals surface area contributed by atoms with Crippen LogP contribution in [0.4, 0.5) is 0 Å². The fraction of sp³-hybridized carbons (Fsp3) is 0.444. The van der Waals surface area contributed by atoms with Gasteiger partial charge < -0.3 is 4.84 Å². The third kappa shape index (κ3) is 3.99. The highest BCUT2D eigenvalue weighted by molar-refractivity contribution is 6.01. The van der Waals surface area contributed by atoms with Crippen LogP contribution in [0.5, 0.6) is 0 Å². The number of hydrogen-bond donors (Lipinski definition) is 0. The summed E-state index contributed by atoms with van der Waals surface area (Å²) < 4.78 is 0. The van der Waals surface area contributed by atoms with Crippen molar-refractivity contribution >= 4 is 17.8 Å². The number of imide groups is 1. The maximum atomic E-state index is 12.5. The lowest BCUT2D eigenvalue weighted by Gasteiger charge is -2.27. The topological polar surface area (TPSA) is 87.5 Å². The molecule has 1 heterocycles. The highest BCUT2D eigenvalue weighted by atomic mass is 16.7. The normalized spacial score (nSPS) is 16.0. The summed E-state index contributed by atoms with van der Waals surface area (Å²) in [5, 5.41) is 9.90. The summed E-state index contributed by atoms with van der Waals surface area (Å²) in [7, 11) is 0. The van der Waals surface area contributed by atoms with E-state index in [1.807, 2.05) is 30.3 Å². The van der Waals surface area contributed by atoms with Crippen molar-refractivity contribution in [2.75, 3.05) is 0 Å². The molecule has 0 radical (unpaired) electrons. The summed E-state index contributed by atoms with van der Waals surface area (Å²) in [6.07, 6.45) is 1.07. The van der Waals surface area contributed by atoms with Crippen molar-refractivity contribution < 1.29 is 19.2 Å². The van der Waals surface area contributed by atoms with Gasteiger partial charge in [0, 0.05) is 12.8 Å². The fourth-order valence-corrected chi connectivity index (χ4v) is 2.62. The number of benzene rings is 1. The maximum Gasteiger partial charge on any atom is 0.337 e. The number of hydrogen-bond acceptors (Lipinski definition) is 5. The molecule has 126 valence electrons. The van der Waals surface area contributed by atoms with Gasteiger partial charge in [-0.05, 0) is 32.3 Å². The van der Waals surface area contributed by atoms with Crippen LogP contribution in [0, 0.1) is 22.7 Å². The van der Waals surface area contributed by atoms with Crippen LogP contribution in [0.15, 0.2) is 30.3 Å². The van der Waals surface area contributed by atoms with Crippen LogP contribution < -0.4 is 0 Å². The van der Waals surface area contributed by atoms with Crippen molar-refractivity contribution in [1.29, 1.82) is 5.26 Å². The first-order chi connectivity index (χ1) is 11.3. The molecule has 1 aliphatic rings. The number of rotatable bonds is 6. The van der Waals surface area contributed by atoms with Gasteiger partial charge in [-0.3, -0.25) is 9.59 Å². The second-order valence-corrected chi connectivity index (χ2v) is 6.40. The Labute approximate surface area is 141 Å². The highest BCUT2D eigenvalue weighted by Gasteiger charge is 2.40. The molecule has 0 saturated carbocycles. The number of nitrogens with zero attached hydrogens (tertiary/aromatic N) is 2. The molecule has 24 heavy (non-hydrogen) atoms. The summed E-state index contributed by atoms with van der Waals surface area (Å²) in [5.74, 6) is -2.51. The lowest BCUT2D eigenvalue weighted by Crippen LogP contribution is -2.39. The smallest absolute Gasteiger partial charge is 0.330 e. The zero-order valence-corrected chi connectivity index (χ0v) is 13.8. The first kappa shape index (κ1) is 17.7. The van der Waals surface area contributed by atoms with Gasteiger partial charge in [-0.25, -0.2) is 4.79 Å². The molecule has 0 spiro atoms. The Balaban J connectivity index is 2.11. The molecule has 1 aromatic rings. The van der Waals surface area contributed by atoms with E-state index >= 15 is 0 Å². The van der Waals surface area contributed by atoms with Crippen molar-refractivity contribution in [2.45, 2.75) is 39.5 Å². The second kappa shape index (κ2) is 7.26. The third-order valence-electron chi connectivity index (χ3n) is 4.20. The number of nitriles is 1. The van der Waals surface area contributed by atoms with E-state index < -0.39 is 29.1 Å². The monoisotopic (exact) mass is 328 g/mol. The Kier molecular flexibility index (Phi) is 5.35. The lowest BCUT2D eigenvalue weighted by molar-refractivity contribution is -0.202. The zero-order valence-electron chi connectivity index (χ0n) is 13.8. The third-order valence-corrected chi connectivity index (χ3v) is 4.20. The van der Waals surface area contributed by atoms with Gasteiger partial charge in [0.25, 0.3) is 11.8 Å². The van der Waals surface area contributed by atoms with Crippen molar-refractivity contribution in [1.82, 2.24) is 5.06 Å². The van der Waals surface area contributed by atoms with Crippen molar-refractivity contribution in [2.24, 2.45) is 11.3 Å². The molecule has 6 heteroatoms. The van der Waals surface area contributed by atoms with E-state index in [1.54, 1.807) is 13.8 Å². The van der Waals surface area contributed by atoms with E-state index in [-0.39, 0.29) is 12.8 Å². The number of carbonyl (C=O) groups excluding carboxylic acids is 3. The SMILES string of the molecule is CC(C)(C#N)C(CCc1ccccc1)C(=O)ON1C(=O)CCC1=O. The molecule has 0 aliphatic carbocycles. The van der Waals surface area contributed by atoms with E-state index in [9.17, 15) is 19.6 Å². The van der Waals surface area contributed by atoms with Gasteiger partial charge in [-0.2, -0.15) is 5.26 Å². The molecule has 1 unspecified atom stereocenters. The largest absolute Gasteiger partial charge is 0.337 e. The average molecular weight is 328 g/mol. The molecule has 1 aromatic carbocycles. The number of hydroxylamine groups is 2. The van der Waals surface area contributed by atoms with Crippen LogP contribution in [0.3, 0.4) is 0 Å². The maximum absolute atomic E-state index is 12.5. The van der Waals surface area contributed by atoms with E-state index in [0.717, 1.165) is 5.56 Å². The molecular weight excluding hydrogens is 308 g/mol. The van der Waals surface area contributed by atoms with Crippen LogP contribution in [0.1, 0.15) is 38.7 Å². The minimum Gasteiger partial charge on any atom is -0.330 e. The summed E-state index contributed by atoms with van der Waals surface area (Å²) in [5.41, 5.74) is 0.0647. The summed E-state index contributed by atoms with van der Waals surface area (Å²) in [6, 6.07) is 11.7.